The first-order valence-corrected chi connectivity index (χ1v) is 5.48. The first kappa shape index (κ1) is 14.1. The summed E-state index contributed by atoms with van der Waals surface area (Å²) in [6, 6.07) is 1.62. The van der Waals surface area contributed by atoms with Crippen molar-refractivity contribution >= 4 is 17.5 Å². The van der Waals surface area contributed by atoms with E-state index in [0.29, 0.717) is 24.1 Å². The molecule has 1 rings (SSSR count). The van der Waals surface area contributed by atoms with Gasteiger partial charge in [-0.15, -0.1) is 0 Å². The first-order chi connectivity index (χ1) is 8.56. The van der Waals surface area contributed by atoms with Crippen LogP contribution < -0.4 is 21.9 Å². The maximum Gasteiger partial charge on any atom is 0.236 e. The minimum atomic E-state index is -0.440. The molecule has 0 fully saturated rings. The number of ether oxygens (including phenoxy) is 1. The number of nitrogen functional groups attached to an aromatic ring is 1. The highest BCUT2D eigenvalue weighted by Gasteiger charge is 2.10. The van der Waals surface area contributed by atoms with Crippen molar-refractivity contribution in [1.29, 1.82) is 0 Å². The summed E-state index contributed by atoms with van der Waals surface area (Å²) in [6.07, 6.45) is 0. The van der Waals surface area contributed by atoms with Gasteiger partial charge in [-0.1, -0.05) is 0 Å². The Balaban J connectivity index is 2.92. The van der Waals surface area contributed by atoms with E-state index in [1.54, 1.807) is 18.0 Å². The Kier molecular flexibility index (Phi) is 5.28. The molecule has 18 heavy (non-hydrogen) atoms. The fraction of sp³-hybridized carbons (Fsp3) is 0.500. The van der Waals surface area contributed by atoms with Crippen LogP contribution in [0.2, 0.25) is 0 Å². The van der Waals surface area contributed by atoms with Gasteiger partial charge in [-0.2, -0.15) is 0 Å². The number of nitrogens with zero attached hydrogens (tertiary/aromatic N) is 3. The average molecular weight is 254 g/mol. The molecule has 5 N–H and O–H groups in total. The second-order valence-corrected chi connectivity index (χ2v) is 3.63. The molecule has 100 valence electrons. The number of likely N-dealkylation sites (N-methyl/N-ethyl adjacent to an activating group) is 1. The second kappa shape index (κ2) is 6.72. The van der Waals surface area contributed by atoms with E-state index in [4.69, 9.17) is 16.3 Å². The molecule has 0 aliphatic heterocycles. The number of nitrogens with two attached hydrogens (primary N) is 2. The van der Waals surface area contributed by atoms with Crippen molar-refractivity contribution in [1.82, 2.24) is 9.97 Å². The van der Waals surface area contributed by atoms with Gasteiger partial charge in [0.05, 0.1) is 6.54 Å². The predicted molar refractivity (Wildman–Crippen MR) is 67.6 cm³/mol. The molecule has 8 heteroatoms. The molecule has 0 aliphatic carbocycles. The zero-order chi connectivity index (χ0) is 13.5. The lowest BCUT2D eigenvalue weighted by molar-refractivity contribution is -0.116. The van der Waals surface area contributed by atoms with Crippen molar-refractivity contribution in [3.8, 4) is 0 Å². The van der Waals surface area contributed by atoms with E-state index in [-0.39, 0.29) is 13.2 Å². The van der Waals surface area contributed by atoms with Crippen molar-refractivity contribution in [3.63, 3.8) is 0 Å². The molecule has 1 amide bonds. The lowest BCUT2D eigenvalue weighted by Gasteiger charge is -2.17. The van der Waals surface area contributed by atoms with Crippen LogP contribution in [0.4, 0.5) is 11.6 Å². The highest BCUT2D eigenvalue weighted by molar-refractivity contribution is 5.79. The number of carbonyl (C=O) groups excluding carboxylic acids is 1. The minimum absolute atomic E-state index is 0.0646. The first-order valence-electron chi connectivity index (χ1n) is 5.48. The molecule has 8 nitrogen and oxygen atoms in total. The van der Waals surface area contributed by atoms with Gasteiger partial charge in [0.1, 0.15) is 18.2 Å². The fourth-order valence-corrected chi connectivity index (χ4v) is 1.33. The number of hydrazine groups is 1. The largest absolute Gasteiger partial charge is 0.374 e. The third-order valence-corrected chi connectivity index (χ3v) is 2.13. The molecule has 0 aromatic carbocycles. The van der Waals surface area contributed by atoms with Gasteiger partial charge in [-0.05, 0) is 6.92 Å². The van der Waals surface area contributed by atoms with Gasteiger partial charge in [0.25, 0.3) is 0 Å². The molecule has 0 atom stereocenters. The summed E-state index contributed by atoms with van der Waals surface area (Å²) in [7, 11) is 1.71. The number of rotatable bonds is 7. The van der Waals surface area contributed by atoms with E-state index in [9.17, 15) is 4.79 Å². The van der Waals surface area contributed by atoms with Crippen LogP contribution in [-0.2, 0) is 16.1 Å². The Morgan fingerprint density at radius 2 is 2.28 bits per heavy atom. The molecule has 0 unspecified atom stereocenters. The normalized spacial score (nSPS) is 10.2. The Labute approximate surface area is 105 Å². The van der Waals surface area contributed by atoms with Crippen LogP contribution in [0, 0.1) is 0 Å². The fourth-order valence-electron chi connectivity index (χ4n) is 1.33. The van der Waals surface area contributed by atoms with Gasteiger partial charge >= 0.3 is 0 Å². The lowest BCUT2D eigenvalue weighted by atomic mass is 10.4. The minimum Gasteiger partial charge on any atom is -0.374 e. The highest BCUT2D eigenvalue weighted by Crippen LogP contribution is 2.14. The molecule has 1 heterocycles. The van der Waals surface area contributed by atoms with E-state index in [2.05, 4.69) is 15.4 Å². The predicted octanol–water partition coefficient (Wildman–Crippen LogP) is -0.780. The number of aromatic nitrogens is 2. The second-order valence-electron chi connectivity index (χ2n) is 3.63. The van der Waals surface area contributed by atoms with Crippen LogP contribution >= 0.6 is 0 Å². The number of hydrogen-bond acceptors (Lipinski definition) is 7. The van der Waals surface area contributed by atoms with Crippen molar-refractivity contribution in [2.45, 2.75) is 13.5 Å². The van der Waals surface area contributed by atoms with Gasteiger partial charge in [-0.25, -0.2) is 15.8 Å². The molecule has 0 saturated carbocycles. The van der Waals surface area contributed by atoms with Crippen LogP contribution in [0.15, 0.2) is 6.07 Å². The maximum atomic E-state index is 10.9. The topological polar surface area (TPSA) is 119 Å². The number of carbonyl (C=O) groups is 1. The van der Waals surface area contributed by atoms with Crippen LogP contribution in [0.3, 0.4) is 0 Å². The Bertz CT molecular complexity index is 411. The van der Waals surface area contributed by atoms with Crippen molar-refractivity contribution < 1.29 is 9.53 Å². The summed E-state index contributed by atoms with van der Waals surface area (Å²) >= 11 is 0. The third-order valence-electron chi connectivity index (χ3n) is 2.13. The van der Waals surface area contributed by atoms with Crippen LogP contribution in [0.1, 0.15) is 12.7 Å². The molecule has 1 aromatic rings. The smallest absolute Gasteiger partial charge is 0.236 e. The average Bonchev–Trinajstić information content (AvgIpc) is 2.35. The molecule has 0 saturated heterocycles. The molecular formula is C10H18N6O2. The standard InChI is InChI=1S/C10H18N6O2/c1-3-18-6-9-13-8(15-12)4-10(14-9)16(2)5-7(11)17/h4H,3,5-6,12H2,1-2H3,(H2,11,17)(H,13,14,15). The summed E-state index contributed by atoms with van der Waals surface area (Å²) in [4.78, 5) is 20.9. The van der Waals surface area contributed by atoms with Gasteiger partial charge in [0.2, 0.25) is 5.91 Å². The number of anilines is 2. The van der Waals surface area contributed by atoms with Crippen LogP contribution in [0.5, 0.6) is 0 Å². The third kappa shape index (κ3) is 4.15. The molecule has 0 bridgehead atoms. The number of hydrogen-bond donors (Lipinski definition) is 3. The van der Waals surface area contributed by atoms with Crippen LogP contribution in [0.25, 0.3) is 0 Å². The Hall–Kier alpha value is -1.93. The van der Waals surface area contributed by atoms with Crippen molar-refractivity contribution in [3.05, 3.63) is 11.9 Å². The number of nitrogens with one attached hydrogen (secondary N) is 1. The van der Waals surface area contributed by atoms with Gasteiger partial charge in [0.15, 0.2) is 5.82 Å². The number of amides is 1. The van der Waals surface area contributed by atoms with E-state index in [1.807, 2.05) is 6.92 Å². The van der Waals surface area contributed by atoms with Gasteiger partial charge < -0.3 is 20.8 Å². The van der Waals surface area contributed by atoms with Gasteiger partial charge in [0, 0.05) is 19.7 Å². The molecule has 0 radical (unpaired) electrons. The number of primary amides is 1. The summed E-state index contributed by atoms with van der Waals surface area (Å²) in [5, 5.41) is 0. The molecule has 1 aromatic heterocycles. The van der Waals surface area contributed by atoms with Gasteiger partial charge in [-0.3, -0.25) is 4.79 Å². The summed E-state index contributed by atoms with van der Waals surface area (Å²) in [6.45, 7) is 2.79. The Morgan fingerprint density at radius 1 is 1.56 bits per heavy atom. The van der Waals surface area contributed by atoms with E-state index >= 15 is 0 Å². The zero-order valence-corrected chi connectivity index (χ0v) is 10.5. The van der Waals surface area contributed by atoms with Crippen LogP contribution in [-0.4, -0.2) is 36.1 Å². The van der Waals surface area contributed by atoms with E-state index in [0.717, 1.165) is 0 Å². The Morgan fingerprint density at radius 3 is 2.83 bits per heavy atom. The van der Waals surface area contributed by atoms with E-state index < -0.39 is 5.91 Å². The maximum absolute atomic E-state index is 10.9. The lowest BCUT2D eigenvalue weighted by Crippen LogP contribution is -2.31. The van der Waals surface area contributed by atoms with E-state index in [1.165, 1.54) is 0 Å². The zero-order valence-electron chi connectivity index (χ0n) is 10.5. The summed E-state index contributed by atoms with van der Waals surface area (Å²) < 4.78 is 5.23. The molecule has 0 spiro atoms. The summed E-state index contributed by atoms with van der Waals surface area (Å²) in [5.41, 5.74) is 7.57. The van der Waals surface area contributed by atoms with Crippen molar-refractivity contribution in [2.24, 2.45) is 11.6 Å². The molecule has 0 aliphatic rings. The summed E-state index contributed by atoms with van der Waals surface area (Å²) in [5.74, 6) is 6.37. The highest BCUT2D eigenvalue weighted by atomic mass is 16.5. The quantitative estimate of drug-likeness (QED) is 0.431. The SMILES string of the molecule is CCOCc1nc(NN)cc(N(C)CC(N)=O)n1. The molecular weight excluding hydrogens is 236 g/mol. The monoisotopic (exact) mass is 254 g/mol. The van der Waals surface area contributed by atoms with Crippen molar-refractivity contribution in [2.75, 3.05) is 30.5 Å².